The van der Waals surface area contributed by atoms with Gasteiger partial charge in [0.1, 0.15) is 0 Å². The molecule has 0 aromatic heterocycles. The SMILES string of the molecule is C=C(C=CC=C(CC)C(CCC)(CCCCC)C1C=CC(N(CC)CCC)=CC1)C(C)(CCCCC)c1ccc(N(CC)CC)cc1C. The number of rotatable bonds is 24. The van der Waals surface area contributed by atoms with Crippen LogP contribution in [-0.4, -0.2) is 31.1 Å². The predicted molar refractivity (Wildman–Crippen MR) is 217 cm³/mol. The van der Waals surface area contributed by atoms with Gasteiger partial charge in [0.05, 0.1) is 0 Å². The summed E-state index contributed by atoms with van der Waals surface area (Å²) in [5, 5.41) is 0. The highest BCUT2D eigenvalue weighted by Crippen LogP contribution is 2.50. The molecule has 0 bridgehead atoms. The van der Waals surface area contributed by atoms with Gasteiger partial charge in [-0.15, -0.1) is 0 Å². The van der Waals surface area contributed by atoms with Crippen molar-refractivity contribution in [2.45, 2.75) is 158 Å². The van der Waals surface area contributed by atoms with Gasteiger partial charge in [-0.2, -0.15) is 0 Å². The first-order chi connectivity index (χ1) is 23.2. The molecule has 1 aromatic carbocycles. The fourth-order valence-electron chi connectivity index (χ4n) is 8.53. The van der Waals surface area contributed by atoms with Crippen molar-refractivity contribution in [3.8, 4) is 0 Å². The largest absolute Gasteiger partial charge is 0.372 e. The Labute approximate surface area is 299 Å². The Balaban J connectivity index is 2.52. The third-order valence-electron chi connectivity index (χ3n) is 11.5. The van der Waals surface area contributed by atoms with Crippen molar-refractivity contribution in [1.82, 2.24) is 4.90 Å². The third-order valence-corrected chi connectivity index (χ3v) is 11.5. The summed E-state index contributed by atoms with van der Waals surface area (Å²) in [7, 11) is 0. The molecular weight excluding hydrogens is 581 g/mol. The summed E-state index contributed by atoms with van der Waals surface area (Å²) in [6.45, 7) is 32.3. The summed E-state index contributed by atoms with van der Waals surface area (Å²) in [6.07, 6.45) is 30.8. The van der Waals surface area contributed by atoms with E-state index in [0.717, 1.165) is 45.4 Å². The Hall–Kier alpha value is -2.48. The highest BCUT2D eigenvalue weighted by Gasteiger charge is 2.39. The van der Waals surface area contributed by atoms with Gasteiger partial charge in [0.15, 0.2) is 0 Å². The van der Waals surface area contributed by atoms with E-state index >= 15 is 0 Å². The minimum atomic E-state index is -0.0870. The lowest BCUT2D eigenvalue weighted by atomic mass is 9.61. The van der Waals surface area contributed by atoms with Crippen molar-refractivity contribution < 1.29 is 0 Å². The molecule has 1 aliphatic carbocycles. The number of aryl methyl sites for hydroxylation is 1. The Bertz CT molecular complexity index is 1210. The number of hydrogen-bond donors (Lipinski definition) is 0. The lowest BCUT2D eigenvalue weighted by molar-refractivity contribution is 0.197. The second-order valence-corrected chi connectivity index (χ2v) is 14.7. The van der Waals surface area contributed by atoms with Gasteiger partial charge in [0.2, 0.25) is 0 Å². The number of allylic oxidation sites excluding steroid dienone is 8. The van der Waals surface area contributed by atoms with Gasteiger partial charge in [-0.05, 0) is 112 Å². The molecule has 0 fully saturated rings. The Kier molecular flexibility index (Phi) is 18.7. The van der Waals surface area contributed by atoms with Crippen LogP contribution in [0.25, 0.3) is 0 Å². The molecule has 2 nitrogen and oxygen atoms in total. The lowest BCUT2D eigenvalue weighted by Gasteiger charge is -2.43. The van der Waals surface area contributed by atoms with Gasteiger partial charge in [-0.1, -0.05) is 135 Å². The van der Waals surface area contributed by atoms with Gasteiger partial charge in [0.25, 0.3) is 0 Å². The van der Waals surface area contributed by atoms with Crippen LogP contribution in [0.5, 0.6) is 0 Å². The maximum atomic E-state index is 4.78. The fourth-order valence-corrected chi connectivity index (χ4v) is 8.53. The zero-order chi connectivity index (χ0) is 35.6. The molecule has 0 radical (unpaired) electrons. The molecule has 48 heavy (non-hydrogen) atoms. The maximum Gasteiger partial charge on any atom is 0.0368 e. The molecule has 3 unspecified atom stereocenters. The predicted octanol–water partition coefficient (Wildman–Crippen LogP) is 13.7. The van der Waals surface area contributed by atoms with Gasteiger partial charge in [-0.3, -0.25) is 0 Å². The lowest BCUT2D eigenvalue weighted by Crippen LogP contribution is -2.34. The van der Waals surface area contributed by atoms with Gasteiger partial charge >= 0.3 is 0 Å². The van der Waals surface area contributed by atoms with Gasteiger partial charge in [-0.25, -0.2) is 0 Å². The van der Waals surface area contributed by atoms with Crippen LogP contribution in [0, 0.1) is 18.3 Å². The van der Waals surface area contributed by atoms with Gasteiger partial charge in [0, 0.05) is 43.0 Å². The minimum Gasteiger partial charge on any atom is -0.372 e. The summed E-state index contributed by atoms with van der Waals surface area (Å²) in [6, 6.07) is 7.15. The molecule has 1 aromatic rings. The van der Waals surface area contributed by atoms with Crippen molar-refractivity contribution in [1.29, 1.82) is 0 Å². The van der Waals surface area contributed by atoms with Crippen LogP contribution in [0.4, 0.5) is 5.69 Å². The molecule has 270 valence electrons. The van der Waals surface area contributed by atoms with Gasteiger partial charge < -0.3 is 9.80 Å². The summed E-state index contributed by atoms with van der Waals surface area (Å²) in [5.41, 5.74) is 8.55. The Morgan fingerprint density at radius 3 is 2.02 bits per heavy atom. The van der Waals surface area contributed by atoms with E-state index in [1.54, 1.807) is 5.57 Å². The number of nitrogens with zero attached hydrogens (tertiary/aromatic N) is 2. The summed E-state index contributed by atoms with van der Waals surface area (Å²) < 4.78 is 0. The third kappa shape index (κ3) is 10.8. The van der Waals surface area contributed by atoms with E-state index in [2.05, 4.69) is 134 Å². The highest BCUT2D eigenvalue weighted by molar-refractivity contribution is 5.54. The smallest absolute Gasteiger partial charge is 0.0368 e. The molecule has 3 atom stereocenters. The number of likely N-dealkylation sites (N-methyl/N-ethyl adjacent to an activating group) is 1. The van der Waals surface area contributed by atoms with E-state index in [1.807, 2.05) is 0 Å². The van der Waals surface area contributed by atoms with E-state index in [4.69, 9.17) is 6.58 Å². The van der Waals surface area contributed by atoms with E-state index in [-0.39, 0.29) is 10.8 Å². The monoisotopic (exact) mass is 657 g/mol. The van der Waals surface area contributed by atoms with Crippen molar-refractivity contribution >= 4 is 5.69 Å². The van der Waals surface area contributed by atoms with E-state index in [9.17, 15) is 0 Å². The minimum absolute atomic E-state index is 0.0870. The van der Waals surface area contributed by atoms with Crippen molar-refractivity contribution in [3.63, 3.8) is 0 Å². The second-order valence-electron chi connectivity index (χ2n) is 14.7. The van der Waals surface area contributed by atoms with Crippen LogP contribution in [0.2, 0.25) is 0 Å². The first-order valence-corrected chi connectivity index (χ1v) is 20.2. The number of unbranched alkanes of at least 4 members (excludes halogenated alkanes) is 4. The van der Waals surface area contributed by atoms with E-state index < -0.39 is 0 Å². The first kappa shape index (κ1) is 41.7. The summed E-state index contributed by atoms with van der Waals surface area (Å²) >= 11 is 0. The van der Waals surface area contributed by atoms with Crippen molar-refractivity contribution in [3.05, 3.63) is 89.2 Å². The molecule has 0 saturated carbocycles. The molecule has 0 amide bonds. The van der Waals surface area contributed by atoms with Crippen LogP contribution in [-0.2, 0) is 5.41 Å². The molecule has 0 heterocycles. The fraction of sp³-hybridized carbons (Fsp3) is 0.652. The zero-order valence-corrected chi connectivity index (χ0v) is 33.4. The van der Waals surface area contributed by atoms with E-state index in [1.165, 1.54) is 92.3 Å². The second kappa shape index (κ2) is 21.6. The molecular formula is C46H76N2. The average molecular weight is 657 g/mol. The Morgan fingerprint density at radius 2 is 1.50 bits per heavy atom. The van der Waals surface area contributed by atoms with E-state index in [0.29, 0.717) is 5.92 Å². The maximum absolute atomic E-state index is 4.78. The quantitative estimate of drug-likeness (QED) is 0.0807. The standard InChI is InChI=1S/C46H76N2/c1-12-20-22-34-45(11,44-32-31-43(37-38(44)9)47(17-6)18-7)39(10)25-24-26-40(16-5)46(33-14-3,35-23-21-13-2)41-27-29-42(30-28-41)48(19-8)36-15-4/h24-27,29-32,37,41H,10,12-23,28,33-36H2,1-9,11H3. The van der Waals surface area contributed by atoms with Crippen molar-refractivity contribution in [2.75, 3.05) is 31.1 Å². The van der Waals surface area contributed by atoms with Crippen LogP contribution in [0.15, 0.2) is 78.1 Å². The highest BCUT2D eigenvalue weighted by atomic mass is 15.1. The zero-order valence-electron chi connectivity index (χ0n) is 33.4. The van der Waals surface area contributed by atoms with Crippen LogP contribution >= 0.6 is 0 Å². The van der Waals surface area contributed by atoms with Crippen molar-refractivity contribution in [2.24, 2.45) is 11.3 Å². The van der Waals surface area contributed by atoms with Crippen LogP contribution in [0.1, 0.15) is 157 Å². The van der Waals surface area contributed by atoms with Crippen LogP contribution in [0.3, 0.4) is 0 Å². The molecule has 1 aliphatic rings. The molecule has 0 N–H and O–H groups in total. The average Bonchev–Trinajstić information content (AvgIpc) is 3.09. The topological polar surface area (TPSA) is 6.48 Å². The molecule has 0 saturated heterocycles. The Morgan fingerprint density at radius 1 is 0.833 bits per heavy atom. The molecule has 2 rings (SSSR count). The number of anilines is 1. The molecule has 2 heteroatoms. The first-order valence-electron chi connectivity index (χ1n) is 20.2. The number of benzene rings is 1. The molecule has 0 spiro atoms. The number of hydrogen-bond acceptors (Lipinski definition) is 2. The summed E-state index contributed by atoms with van der Waals surface area (Å²) in [5.74, 6) is 0.549. The summed E-state index contributed by atoms with van der Waals surface area (Å²) in [4.78, 5) is 5.00. The normalized spacial score (nSPS) is 17.7. The van der Waals surface area contributed by atoms with Crippen LogP contribution < -0.4 is 4.90 Å². The molecule has 0 aliphatic heterocycles.